The van der Waals surface area contributed by atoms with Crippen molar-refractivity contribution >= 4 is 5.97 Å². The van der Waals surface area contributed by atoms with Gasteiger partial charge in [0.2, 0.25) is 0 Å². The van der Waals surface area contributed by atoms with E-state index in [9.17, 15) is 4.79 Å². The van der Waals surface area contributed by atoms with Crippen molar-refractivity contribution in [2.24, 2.45) is 34.8 Å². The third-order valence-corrected chi connectivity index (χ3v) is 5.42. The van der Waals surface area contributed by atoms with E-state index < -0.39 is 5.97 Å². The van der Waals surface area contributed by atoms with Crippen molar-refractivity contribution < 1.29 is 9.90 Å². The van der Waals surface area contributed by atoms with Gasteiger partial charge in [-0.15, -0.1) is 0 Å². The molecule has 3 heteroatoms. The molecule has 0 unspecified atom stereocenters. The minimum atomic E-state index is -0.690. The monoisotopic (exact) mass is 221 g/mol. The fourth-order valence-corrected chi connectivity index (χ4v) is 4.81. The van der Waals surface area contributed by atoms with E-state index >= 15 is 0 Å². The van der Waals surface area contributed by atoms with Crippen molar-refractivity contribution in [3.63, 3.8) is 0 Å². The Bertz CT molecular complexity index is 376. The van der Waals surface area contributed by atoms with E-state index in [0.717, 1.165) is 11.8 Å². The van der Waals surface area contributed by atoms with Gasteiger partial charge >= 0.3 is 5.97 Å². The lowest BCUT2D eigenvalue weighted by Crippen LogP contribution is -2.58. The summed E-state index contributed by atoms with van der Waals surface area (Å²) >= 11 is 0. The summed E-state index contributed by atoms with van der Waals surface area (Å²) in [6.45, 7) is 2.73. The third-order valence-electron chi connectivity index (χ3n) is 5.42. The van der Waals surface area contributed by atoms with Crippen molar-refractivity contribution in [2.45, 2.75) is 26.2 Å². The third kappa shape index (κ3) is 1.000. The maximum Gasteiger partial charge on any atom is 0.303 e. The van der Waals surface area contributed by atoms with Gasteiger partial charge in [-0.25, -0.2) is 0 Å². The Labute approximate surface area is 95.7 Å². The Balaban J connectivity index is 1.95. The Kier molecular flexibility index (Phi) is 2.00. The molecule has 2 saturated carbocycles. The van der Waals surface area contributed by atoms with Crippen LogP contribution in [0.5, 0.6) is 0 Å². The van der Waals surface area contributed by atoms with Crippen molar-refractivity contribution in [1.82, 2.24) is 0 Å². The molecule has 3 rings (SSSR count). The molecule has 0 aliphatic heterocycles. The van der Waals surface area contributed by atoms with E-state index in [-0.39, 0.29) is 11.8 Å². The Hall–Kier alpha value is -0.830. The Morgan fingerprint density at radius 2 is 2.38 bits per heavy atom. The van der Waals surface area contributed by atoms with Crippen LogP contribution in [-0.4, -0.2) is 17.6 Å². The summed E-state index contributed by atoms with van der Waals surface area (Å²) in [4.78, 5) is 11.0. The molecule has 0 radical (unpaired) electrons. The summed E-state index contributed by atoms with van der Waals surface area (Å²) in [6.07, 6.45) is 5.00. The molecule has 88 valence electrons. The molecule has 2 fully saturated rings. The first-order chi connectivity index (χ1) is 7.60. The molecule has 0 aromatic rings. The first-order valence-corrected chi connectivity index (χ1v) is 6.20. The maximum atomic E-state index is 11.0. The smallest absolute Gasteiger partial charge is 0.303 e. The summed E-state index contributed by atoms with van der Waals surface area (Å²) in [7, 11) is 0. The molecule has 0 aromatic heterocycles. The number of carboxylic acids is 1. The number of hydrogen-bond acceptors (Lipinski definition) is 2. The van der Waals surface area contributed by atoms with Gasteiger partial charge in [0.25, 0.3) is 0 Å². The van der Waals surface area contributed by atoms with Gasteiger partial charge in [0.1, 0.15) is 0 Å². The lowest BCUT2D eigenvalue weighted by atomic mass is 9.47. The molecule has 5 atom stereocenters. The van der Waals surface area contributed by atoms with Gasteiger partial charge in [0.15, 0.2) is 0 Å². The summed E-state index contributed by atoms with van der Waals surface area (Å²) in [6, 6.07) is 0. The second kappa shape index (κ2) is 3.10. The van der Waals surface area contributed by atoms with Crippen molar-refractivity contribution in [3.8, 4) is 0 Å². The van der Waals surface area contributed by atoms with Gasteiger partial charge in [-0.2, -0.15) is 0 Å². The van der Waals surface area contributed by atoms with Crippen molar-refractivity contribution in [3.05, 3.63) is 11.6 Å². The van der Waals surface area contributed by atoms with E-state index in [1.807, 2.05) is 0 Å². The van der Waals surface area contributed by atoms with E-state index in [1.54, 1.807) is 0 Å². The molecule has 0 heterocycles. The van der Waals surface area contributed by atoms with Gasteiger partial charge in [0.05, 0.1) is 6.42 Å². The number of aliphatic carboxylic acids is 1. The van der Waals surface area contributed by atoms with E-state index in [1.165, 1.54) is 18.4 Å². The van der Waals surface area contributed by atoms with Crippen LogP contribution in [0.3, 0.4) is 0 Å². The molecule has 0 amide bonds. The van der Waals surface area contributed by atoms with Crippen LogP contribution in [0.15, 0.2) is 11.6 Å². The standard InChI is InChI=1S/C13H19NO2/c1-7-4-10-12-8(7)2-3-9(12)13(10,6-14)5-11(15)16/h4,8-10,12H,2-3,5-6,14H2,1H3,(H,15,16)/t8-,9-,10+,12+,13+/m0/s1. The zero-order chi connectivity index (χ0) is 11.5. The number of hydrogen-bond donors (Lipinski definition) is 2. The average Bonchev–Trinajstić information content (AvgIpc) is 2.73. The highest BCUT2D eigenvalue weighted by Gasteiger charge is 2.66. The zero-order valence-electron chi connectivity index (χ0n) is 9.65. The topological polar surface area (TPSA) is 63.3 Å². The number of rotatable bonds is 3. The van der Waals surface area contributed by atoms with Crippen LogP contribution in [0.4, 0.5) is 0 Å². The van der Waals surface area contributed by atoms with Gasteiger partial charge in [-0.3, -0.25) is 4.79 Å². The van der Waals surface area contributed by atoms with Crippen molar-refractivity contribution in [2.75, 3.05) is 6.54 Å². The molecule has 3 aliphatic rings. The van der Waals surface area contributed by atoms with Gasteiger partial charge in [-0.05, 0) is 50.0 Å². The van der Waals surface area contributed by atoms with Gasteiger partial charge < -0.3 is 10.8 Å². The van der Waals surface area contributed by atoms with Gasteiger partial charge in [0, 0.05) is 5.41 Å². The molecule has 0 bridgehead atoms. The quantitative estimate of drug-likeness (QED) is 0.712. The molecule has 0 spiro atoms. The molecule has 16 heavy (non-hydrogen) atoms. The number of carboxylic acid groups (broad SMARTS) is 1. The van der Waals surface area contributed by atoms with Crippen LogP contribution in [0, 0.1) is 29.1 Å². The molecular formula is C13H19NO2. The second-order valence-corrected chi connectivity index (χ2v) is 5.81. The summed E-state index contributed by atoms with van der Waals surface area (Å²) in [5, 5.41) is 9.08. The van der Waals surface area contributed by atoms with E-state index in [4.69, 9.17) is 10.8 Å². The van der Waals surface area contributed by atoms with Crippen LogP contribution in [0.1, 0.15) is 26.2 Å². The SMILES string of the molecule is CC1=C[C@@H]2[C@@H]3[C@H]1CC[C@@H]3[C@]2(CN)CC(=O)O. The zero-order valence-corrected chi connectivity index (χ0v) is 9.65. The predicted molar refractivity (Wildman–Crippen MR) is 60.7 cm³/mol. The molecular weight excluding hydrogens is 202 g/mol. The normalized spacial score (nSPS) is 48.5. The largest absolute Gasteiger partial charge is 0.481 e. The second-order valence-electron chi connectivity index (χ2n) is 5.81. The van der Waals surface area contributed by atoms with Crippen LogP contribution in [-0.2, 0) is 4.79 Å². The lowest BCUT2D eigenvalue weighted by Gasteiger charge is -2.57. The molecule has 0 aromatic carbocycles. The minimum Gasteiger partial charge on any atom is -0.481 e. The first kappa shape index (κ1) is 10.3. The van der Waals surface area contributed by atoms with Crippen LogP contribution in [0.25, 0.3) is 0 Å². The number of carbonyl (C=O) groups is 1. The number of allylic oxidation sites excluding steroid dienone is 2. The molecule has 0 saturated heterocycles. The van der Waals surface area contributed by atoms with E-state index in [2.05, 4.69) is 13.0 Å². The Morgan fingerprint density at radius 1 is 1.62 bits per heavy atom. The highest BCUT2D eigenvalue weighted by Crippen LogP contribution is 2.70. The van der Waals surface area contributed by atoms with Crippen LogP contribution >= 0.6 is 0 Å². The van der Waals surface area contributed by atoms with Crippen LogP contribution < -0.4 is 5.73 Å². The average molecular weight is 221 g/mol. The molecule has 3 N–H and O–H groups in total. The lowest BCUT2D eigenvalue weighted by molar-refractivity contribution is -0.150. The summed E-state index contributed by atoms with van der Waals surface area (Å²) in [5.74, 6) is 1.79. The summed E-state index contributed by atoms with van der Waals surface area (Å²) in [5.41, 5.74) is 7.27. The molecule has 3 nitrogen and oxygen atoms in total. The van der Waals surface area contributed by atoms with Crippen molar-refractivity contribution in [1.29, 1.82) is 0 Å². The molecule has 3 aliphatic carbocycles. The summed E-state index contributed by atoms with van der Waals surface area (Å²) < 4.78 is 0. The van der Waals surface area contributed by atoms with Gasteiger partial charge in [-0.1, -0.05) is 11.6 Å². The highest BCUT2D eigenvalue weighted by molar-refractivity contribution is 5.68. The maximum absolute atomic E-state index is 11.0. The number of nitrogens with two attached hydrogens (primary N) is 1. The predicted octanol–water partition coefficient (Wildman–Crippen LogP) is 1.64. The van der Waals surface area contributed by atoms with Crippen LogP contribution in [0.2, 0.25) is 0 Å². The fraction of sp³-hybridized carbons (Fsp3) is 0.769. The Morgan fingerprint density at radius 3 is 3.00 bits per heavy atom. The highest BCUT2D eigenvalue weighted by atomic mass is 16.4. The minimum absolute atomic E-state index is 0.122. The van der Waals surface area contributed by atoms with E-state index in [0.29, 0.717) is 18.4 Å². The first-order valence-electron chi connectivity index (χ1n) is 6.20. The fourth-order valence-electron chi connectivity index (χ4n) is 4.81.